The maximum absolute atomic E-state index is 13.3. The molecule has 2 heterocycles. The number of hydrogen-bond acceptors (Lipinski definition) is 6. The fourth-order valence-electron chi connectivity index (χ4n) is 3.31. The molecule has 1 aliphatic heterocycles. The van der Waals surface area contributed by atoms with Gasteiger partial charge in [-0.25, -0.2) is 9.07 Å². The Labute approximate surface area is 161 Å². The summed E-state index contributed by atoms with van der Waals surface area (Å²) in [6.07, 6.45) is 3.46. The largest absolute Gasteiger partial charge is 0.493 e. The molecule has 1 atom stereocenters. The third-order valence-corrected chi connectivity index (χ3v) is 4.62. The molecule has 2 aromatic carbocycles. The van der Waals surface area contributed by atoms with Gasteiger partial charge in [0.15, 0.2) is 11.5 Å². The molecule has 0 aliphatic carbocycles. The zero-order valence-electron chi connectivity index (χ0n) is 15.6. The summed E-state index contributed by atoms with van der Waals surface area (Å²) in [4.78, 5) is 4.29. The minimum atomic E-state index is -0.312. The van der Waals surface area contributed by atoms with Crippen LogP contribution in [-0.4, -0.2) is 36.1 Å². The van der Waals surface area contributed by atoms with Crippen LogP contribution in [0.15, 0.2) is 48.8 Å². The molecule has 4 rings (SSSR count). The van der Waals surface area contributed by atoms with Crippen molar-refractivity contribution in [2.24, 2.45) is 0 Å². The molecule has 0 saturated heterocycles. The zero-order valence-corrected chi connectivity index (χ0v) is 15.6. The van der Waals surface area contributed by atoms with Crippen molar-refractivity contribution in [2.45, 2.75) is 6.04 Å². The third kappa shape index (κ3) is 2.92. The van der Waals surface area contributed by atoms with Gasteiger partial charge >= 0.3 is 0 Å². The number of hydrogen-bond donors (Lipinski definition) is 1. The van der Waals surface area contributed by atoms with Crippen molar-refractivity contribution in [3.05, 3.63) is 65.7 Å². The van der Waals surface area contributed by atoms with E-state index in [1.165, 1.54) is 18.5 Å². The molecule has 0 fully saturated rings. The predicted molar refractivity (Wildman–Crippen MR) is 102 cm³/mol. The summed E-state index contributed by atoms with van der Waals surface area (Å²) in [5.41, 5.74) is 2.45. The van der Waals surface area contributed by atoms with Gasteiger partial charge in [-0.1, -0.05) is 0 Å². The van der Waals surface area contributed by atoms with Gasteiger partial charge in [0, 0.05) is 11.3 Å². The molecule has 0 radical (unpaired) electrons. The highest BCUT2D eigenvalue weighted by Crippen LogP contribution is 2.45. The van der Waals surface area contributed by atoms with Crippen LogP contribution in [0.5, 0.6) is 17.2 Å². The highest BCUT2D eigenvalue weighted by atomic mass is 19.1. The number of ether oxygens (including phenoxy) is 3. The molecule has 28 heavy (non-hydrogen) atoms. The summed E-state index contributed by atoms with van der Waals surface area (Å²) >= 11 is 0. The maximum Gasteiger partial charge on any atom is 0.226 e. The molecule has 0 bridgehead atoms. The Hall–Kier alpha value is -3.55. The molecule has 0 unspecified atom stereocenters. The van der Waals surface area contributed by atoms with E-state index in [0.717, 1.165) is 16.8 Å². The lowest BCUT2D eigenvalue weighted by atomic mass is 10.00. The predicted octanol–water partition coefficient (Wildman–Crippen LogP) is 3.50. The number of fused-ring (bicyclic) bond motifs is 1. The smallest absolute Gasteiger partial charge is 0.226 e. The van der Waals surface area contributed by atoms with Crippen LogP contribution in [0.2, 0.25) is 0 Å². The summed E-state index contributed by atoms with van der Waals surface area (Å²) in [5, 5.41) is 7.57. The van der Waals surface area contributed by atoms with E-state index in [4.69, 9.17) is 14.2 Å². The molecule has 144 valence electrons. The van der Waals surface area contributed by atoms with Crippen LogP contribution in [0, 0.1) is 5.82 Å². The average molecular weight is 382 g/mol. The van der Waals surface area contributed by atoms with Crippen molar-refractivity contribution in [3.8, 4) is 17.2 Å². The van der Waals surface area contributed by atoms with Crippen molar-refractivity contribution in [1.29, 1.82) is 0 Å². The lowest BCUT2D eigenvalue weighted by Gasteiger charge is -2.26. The minimum Gasteiger partial charge on any atom is -0.493 e. The highest BCUT2D eigenvalue weighted by Gasteiger charge is 2.28. The van der Waals surface area contributed by atoms with Crippen molar-refractivity contribution >= 4 is 11.6 Å². The Kier molecular flexibility index (Phi) is 4.60. The SMILES string of the molecule is COc1ccc([C@@H]2C=C(c3ccc(F)cc3)Nc3ncnn32)c(OC)c1OC. The van der Waals surface area contributed by atoms with E-state index >= 15 is 0 Å². The second-order valence-electron chi connectivity index (χ2n) is 6.11. The van der Waals surface area contributed by atoms with E-state index in [2.05, 4.69) is 15.4 Å². The number of benzene rings is 2. The second kappa shape index (κ2) is 7.22. The Bertz CT molecular complexity index is 1030. The molecular formula is C20H19FN4O3. The molecule has 8 heteroatoms. The Morgan fingerprint density at radius 1 is 0.964 bits per heavy atom. The van der Waals surface area contributed by atoms with Gasteiger partial charge in [-0.2, -0.15) is 10.1 Å². The Morgan fingerprint density at radius 3 is 2.39 bits per heavy atom. The third-order valence-electron chi connectivity index (χ3n) is 4.62. The second-order valence-corrected chi connectivity index (χ2v) is 6.11. The first-order valence-electron chi connectivity index (χ1n) is 8.59. The van der Waals surface area contributed by atoms with E-state index in [-0.39, 0.29) is 11.9 Å². The summed E-state index contributed by atoms with van der Waals surface area (Å²) in [6, 6.07) is 9.67. The summed E-state index contributed by atoms with van der Waals surface area (Å²) in [7, 11) is 4.71. The highest BCUT2D eigenvalue weighted by molar-refractivity contribution is 5.77. The van der Waals surface area contributed by atoms with Gasteiger partial charge in [0.25, 0.3) is 0 Å². The van der Waals surface area contributed by atoms with Gasteiger partial charge in [-0.3, -0.25) is 0 Å². The van der Waals surface area contributed by atoms with Gasteiger partial charge in [0.1, 0.15) is 18.2 Å². The molecule has 1 aliphatic rings. The number of allylic oxidation sites excluding steroid dienone is 1. The lowest BCUT2D eigenvalue weighted by molar-refractivity contribution is 0.320. The standard InChI is InChI=1S/C20H19FN4O3/c1-26-17-9-8-14(18(27-2)19(17)28-3)16-10-15(12-4-6-13(21)7-5-12)24-20-22-11-23-25(16)20/h4-11,16H,1-3H3,(H,22,23,24)/t16-/m0/s1. The van der Waals surface area contributed by atoms with Crippen molar-refractivity contribution in [3.63, 3.8) is 0 Å². The van der Waals surface area contributed by atoms with E-state index in [9.17, 15) is 4.39 Å². The Morgan fingerprint density at radius 2 is 1.71 bits per heavy atom. The first kappa shape index (κ1) is 17.8. The van der Waals surface area contributed by atoms with Gasteiger partial charge < -0.3 is 19.5 Å². The number of methoxy groups -OCH3 is 3. The fourth-order valence-corrected chi connectivity index (χ4v) is 3.31. The number of halogens is 1. The van der Waals surface area contributed by atoms with E-state index in [0.29, 0.717) is 23.2 Å². The first-order chi connectivity index (χ1) is 13.7. The van der Waals surface area contributed by atoms with Gasteiger partial charge in [-0.05, 0) is 48.0 Å². The number of rotatable bonds is 5. The number of nitrogens with zero attached hydrogens (tertiary/aromatic N) is 3. The number of anilines is 1. The van der Waals surface area contributed by atoms with Crippen molar-refractivity contribution in [1.82, 2.24) is 14.8 Å². The van der Waals surface area contributed by atoms with Crippen molar-refractivity contribution < 1.29 is 18.6 Å². The average Bonchev–Trinajstić information content (AvgIpc) is 3.21. The van der Waals surface area contributed by atoms with Crippen LogP contribution in [0.4, 0.5) is 10.3 Å². The Balaban J connectivity index is 1.87. The van der Waals surface area contributed by atoms with Crippen LogP contribution in [0.1, 0.15) is 17.2 Å². The molecule has 0 spiro atoms. The molecule has 1 aromatic heterocycles. The minimum absolute atomic E-state index is 0.290. The normalized spacial score (nSPS) is 15.3. The maximum atomic E-state index is 13.3. The summed E-state index contributed by atoms with van der Waals surface area (Å²) < 4.78 is 31.6. The molecule has 7 nitrogen and oxygen atoms in total. The van der Waals surface area contributed by atoms with E-state index in [1.54, 1.807) is 38.1 Å². The lowest BCUT2D eigenvalue weighted by Crippen LogP contribution is -2.21. The zero-order chi connectivity index (χ0) is 19.7. The quantitative estimate of drug-likeness (QED) is 0.728. The molecule has 3 aromatic rings. The molecule has 0 amide bonds. The summed E-state index contributed by atoms with van der Waals surface area (Å²) in [5.74, 6) is 1.90. The van der Waals surface area contributed by atoms with Gasteiger partial charge in [0.05, 0.1) is 21.3 Å². The number of nitrogens with one attached hydrogen (secondary N) is 1. The van der Waals surface area contributed by atoms with Crippen LogP contribution in [0.3, 0.4) is 0 Å². The monoisotopic (exact) mass is 382 g/mol. The van der Waals surface area contributed by atoms with Crippen LogP contribution < -0.4 is 19.5 Å². The number of aromatic nitrogens is 3. The summed E-state index contributed by atoms with van der Waals surface area (Å²) in [6.45, 7) is 0. The first-order valence-corrected chi connectivity index (χ1v) is 8.59. The topological polar surface area (TPSA) is 70.4 Å². The molecule has 0 saturated carbocycles. The van der Waals surface area contributed by atoms with Crippen LogP contribution in [-0.2, 0) is 0 Å². The van der Waals surface area contributed by atoms with Crippen LogP contribution >= 0.6 is 0 Å². The van der Waals surface area contributed by atoms with E-state index < -0.39 is 0 Å². The molecular weight excluding hydrogens is 363 g/mol. The van der Waals surface area contributed by atoms with Crippen LogP contribution in [0.25, 0.3) is 5.70 Å². The van der Waals surface area contributed by atoms with Crippen molar-refractivity contribution in [2.75, 3.05) is 26.6 Å². The van der Waals surface area contributed by atoms with E-state index in [1.807, 2.05) is 18.2 Å². The fraction of sp³-hybridized carbons (Fsp3) is 0.200. The molecule has 1 N–H and O–H groups in total. The van der Waals surface area contributed by atoms with Gasteiger partial charge in [-0.15, -0.1) is 0 Å². The van der Waals surface area contributed by atoms with Gasteiger partial charge in [0.2, 0.25) is 11.7 Å².